The van der Waals surface area contributed by atoms with Crippen LogP contribution < -0.4 is 0 Å². The van der Waals surface area contributed by atoms with Crippen molar-refractivity contribution in [1.29, 1.82) is 0 Å². The zero-order valence-electron chi connectivity index (χ0n) is 16.9. The summed E-state index contributed by atoms with van der Waals surface area (Å²) in [5.74, 6) is -1.10. The number of rotatable bonds is 4. The molecule has 4 N–H and O–H groups in total. The third-order valence-corrected chi connectivity index (χ3v) is 7.74. The van der Waals surface area contributed by atoms with Crippen molar-refractivity contribution in [1.82, 2.24) is 0 Å². The summed E-state index contributed by atoms with van der Waals surface area (Å²) in [6.07, 6.45) is -4.34. The molecule has 0 radical (unpaired) electrons. The highest BCUT2D eigenvalue weighted by atomic mass is 16.7. The first kappa shape index (κ1) is 21.9. The van der Waals surface area contributed by atoms with E-state index >= 15 is 0 Å². The molecule has 2 aliphatic carbocycles. The predicted octanol–water partition coefficient (Wildman–Crippen LogP) is -0.705. The van der Waals surface area contributed by atoms with E-state index in [1.807, 2.05) is 6.92 Å². The Balaban J connectivity index is 1.59. The van der Waals surface area contributed by atoms with E-state index in [-0.39, 0.29) is 17.8 Å². The van der Waals surface area contributed by atoms with Crippen LogP contribution in [0.1, 0.15) is 32.6 Å². The Labute approximate surface area is 174 Å². The zero-order valence-corrected chi connectivity index (χ0v) is 16.9. The highest BCUT2D eigenvalue weighted by molar-refractivity contribution is 5.91. The van der Waals surface area contributed by atoms with E-state index in [0.29, 0.717) is 31.3 Å². The lowest BCUT2D eigenvalue weighted by Gasteiger charge is -2.56. The second kappa shape index (κ2) is 7.96. The third-order valence-electron chi connectivity index (χ3n) is 7.74. The van der Waals surface area contributed by atoms with Gasteiger partial charge in [0.2, 0.25) is 0 Å². The Morgan fingerprint density at radius 2 is 1.93 bits per heavy atom. The Morgan fingerprint density at radius 3 is 2.60 bits per heavy atom. The van der Waals surface area contributed by atoms with E-state index < -0.39 is 60.9 Å². The molecule has 4 aliphatic rings. The van der Waals surface area contributed by atoms with Crippen LogP contribution in [0.4, 0.5) is 0 Å². The van der Waals surface area contributed by atoms with Gasteiger partial charge in [0.15, 0.2) is 6.29 Å². The minimum absolute atomic E-state index is 0.121. The molecule has 168 valence electrons. The number of aldehydes is 1. The van der Waals surface area contributed by atoms with Crippen LogP contribution in [0.5, 0.6) is 0 Å². The second-order valence-electron chi connectivity index (χ2n) is 9.27. The van der Waals surface area contributed by atoms with E-state index in [9.17, 15) is 30.0 Å². The highest BCUT2D eigenvalue weighted by Gasteiger charge is 2.61. The van der Waals surface area contributed by atoms with Crippen molar-refractivity contribution in [3.63, 3.8) is 0 Å². The molecule has 0 spiro atoms. The zero-order chi connectivity index (χ0) is 21.8. The fourth-order valence-corrected chi connectivity index (χ4v) is 5.98. The lowest BCUT2D eigenvalue weighted by molar-refractivity contribution is -0.328. The van der Waals surface area contributed by atoms with Crippen molar-refractivity contribution in [3.05, 3.63) is 12.2 Å². The molecule has 30 heavy (non-hydrogen) atoms. The van der Waals surface area contributed by atoms with Gasteiger partial charge in [0.1, 0.15) is 36.8 Å². The number of aliphatic hydroxyl groups is 4. The normalized spacial score (nSPS) is 51.1. The predicted molar refractivity (Wildman–Crippen MR) is 101 cm³/mol. The molecule has 0 aromatic heterocycles. The second-order valence-corrected chi connectivity index (χ2v) is 9.27. The monoisotopic (exact) mass is 426 g/mol. The smallest absolute Gasteiger partial charge is 0.334 e. The summed E-state index contributed by atoms with van der Waals surface area (Å²) in [7, 11) is 0. The first-order valence-electron chi connectivity index (χ1n) is 10.5. The molecule has 0 amide bonds. The van der Waals surface area contributed by atoms with Crippen LogP contribution in [0.15, 0.2) is 12.2 Å². The van der Waals surface area contributed by atoms with Gasteiger partial charge in [-0.25, -0.2) is 4.79 Å². The first-order chi connectivity index (χ1) is 14.2. The van der Waals surface area contributed by atoms with E-state index in [1.54, 1.807) is 0 Å². The van der Waals surface area contributed by atoms with Crippen LogP contribution >= 0.6 is 0 Å². The summed E-state index contributed by atoms with van der Waals surface area (Å²) in [5.41, 5.74) is -0.0852. The van der Waals surface area contributed by atoms with Gasteiger partial charge in [-0.2, -0.15) is 0 Å². The molecule has 2 heterocycles. The van der Waals surface area contributed by atoms with Gasteiger partial charge in [-0.3, -0.25) is 0 Å². The SMILES string of the molecule is C=C1C(=O)O[C@@H]2[C@H]3[C@H](C=O)CC[C@@H](O[C@@H]4O[C@H](CO)[C@@H](O)[C@H](O)[C@@H]4O)[C@]3(C)CC[C@@H]12. The fourth-order valence-electron chi connectivity index (χ4n) is 5.98. The van der Waals surface area contributed by atoms with Crippen molar-refractivity contribution in [2.45, 2.75) is 75.5 Å². The molecule has 2 aliphatic heterocycles. The summed E-state index contributed by atoms with van der Waals surface area (Å²) in [5, 5.41) is 39.9. The van der Waals surface area contributed by atoms with Crippen molar-refractivity contribution in [3.8, 4) is 0 Å². The minimum atomic E-state index is -1.52. The topological polar surface area (TPSA) is 143 Å². The Hall–Kier alpha value is -1.36. The van der Waals surface area contributed by atoms with Gasteiger partial charge in [0.25, 0.3) is 0 Å². The maximum Gasteiger partial charge on any atom is 0.334 e. The molecule has 9 nitrogen and oxygen atoms in total. The van der Waals surface area contributed by atoms with Crippen molar-refractivity contribution < 1.29 is 44.2 Å². The van der Waals surface area contributed by atoms with E-state index in [4.69, 9.17) is 14.2 Å². The number of ether oxygens (including phenoxy) is 3. The fraction of sp³-hybridized carbons (Fsp3) is 0.810. The van der Waals surface area contributed by atoms with Crippen molar-refractivity contribution in [2.75, 3.05) is 6.61 Å². The molecule has 0 aromatic rings. The van der Waals surface area contributed by atoms with Gasteiger partial charge in [0.05, 0.1) is 12.7 Å². The quantitative estimate of drug-likeness (QED) is 0.260. The largest absolute Gasteiger partial charge is 0.458 e. The molecule has 11 atom stereocenters. The molecule has 9 heteroatoms. The maximum absolute atomic E-state index is 12.1. The van der Waals surface area contributed by atoms with E-state index in [2.05, 4.69) is 6.58 Å². The van der Waals surface area contributed by atoms with Gasteiger partial charge < -0.3 is 39.4 Å². The number of aliphatic hydroxyl groups excluding tert-OH is 4. The molecular weight excluding hydrogens is 396 g/mol. The maximum atomic E-state index is 12.1. The summed E-state index contributed by atoms with van der Waals surface area (Å²) >= 11 is 0. The number of carbonyl (C=O) groups is 2. The summed E-state index contributed by atoms with van der Waals surface area (Å²) in [6.45, 7) is 5.32. The molecule has 0 bridgehead atoms. The molecule has 2 saturated carbocycles. The van der Waals surface area contributed by atoms with Gasteiger partial charge >= 0.3 is 5.97 Å². The van der Waals surface area contributed by atoms with Gasteiger partial charge in [-0.1, -0.05) is 13.5 Å². The van der Waals surface area contributed by atoms with E-state index in [0.717, 1.165) is 6.29 Å². The van der Waals surface area contributed by atoms with Gasteiger partial charge in [-0.15, -0.1) is 0 Å². The average molecular weight is 426 g/mol. The Kier molecular flexibility index (Phi) is 5.80. The lowest BCUT2D eigenvalue weighted by Crippen LogP contribution is -2.62. The number of hydrogen-bond donors (Lipinski definition) is 4. The summed E-state index contributed by atoms with van der Waals surface area (Å²) in [6, 6.07) is 0. The summed E-state index contributed by atoms with van der Waals surface area (Å²) < 4.78 is 17.3. The van der Waals surface area contributed by atoms with Crippen molar-refractivity contribution >= 4 is 12.3 Å². The molecular formula is C21H30O9. The van der Waals surface area contributed by atoms with Crippen molar-refractivity contribution in [2.24, 2.45) is 23.2 Å². The van der Waals surface area contributed by atoms with Gasteiger partial charge in [0, 0.05) is 28.7 Å². The van der Waals surface area contributed by atoms with Crippen LogP contribution in [0.3, 0.4) is 0 Å². The average Bonchev–Trinajstić information content (AvgIpc) is 3.02. The van der Waals surface area contributed by atoms with Crippen LogP contribution in [0, 0.1) is 23.2 Å². The Morgan fingerprint density at radius 1 is 1.20 bits per heavy atom. The van der Waals surface area contributed by atoms with Crippen LogP contribution in [0.2, 0.25) is 0 Å². The van der Waals surface area contributed by atoms with Crippen LogP contribution in [0.25, 0.3) is 0 Å². The molecule has 0 unspecified atom stereocenters. The van der Waals surface area contributed by atoms with Crippen LogP contribution in [-0.2, 0) is 23.8 Å². The van der Waals surface area contributed by atoms with Gasteiger partial charge in [-0.05, 0) is 25.7 Å². The number of carbonyl (C=O) groups excluding carboxylic acids is 2. The number of esters is 1. The molecule has 4 fully saturated rings. The molecule has 0 aromatic carbocycles. The lowest BCUT2D eigenvalue weighted by atomic mass is 9.52. The number of fused-ring (bicyclic) bond motifs is 3. The molecule has 4 rings (SSSR count). The molecule has 2 saturated heterocycles. The Bertz CT molecular complexity index is 709. The third kappa shape index (κ3) is 3.23. The summed E-state index contributed by atoms with van der Waals surface area (Å²) in [4.78, 5) is 24.0. The highest BCUT2D eigenvalue weighted by Crippen LogP contribution is 2.58. The number of hydrogen-bond acceptors (Lipinski definition) is 9. The van der Waals surface area contributed by atoms with E-state index in [1.165, 1.54) is 0 Å². The standard InChI is InChI=1S/C21H30O9/c1-9-11-5-6-21(2)13(4-3-10(7-22)14(21)18(11)30-19(9)27)29-20-17(26)16(25)15(24)12(8-23)28-20/h7,10-18,20,23-26H,1,3-6,8H2,2H3/t10-,11-,12+,13+,14+,15+,16-,17-,18-,20-,21-/m0/s1. The van der Waals surface area contributed by atoms with Crippen LogP contribution in [-0.4, -0.2) is 82.2 Å². The first-order valence-corrected chi connectivity index (χ1v) is 10.5. The minimum Gasteiger partial charge on any atom is -0.458 e.